The number of carbonyl (C=O) groups excluding carboxylic acids is 3. The van der Waals surface area contributed by atoms with Gasteiger partial charge in [0.25, 0.3) is 5.91 Å². The summed E-state index contributed by atoms with van der Waals surface area (Å²) < 4.78 is 12.5. The molecule has 0 bridgehead atoms. The maximum Gasteiger partial charge on any atom is 0.340 e. The second-order valence-electron chi connectivity index (χ2n) is 7.65. The molecule has 0 fully saturated rings. The quantitative estimate of drug-likeness (QED) is 0.282. The molecule has 0 saturated carbocycles. The maximum absolute atomic E-state index is 12.8. The molecule has 33 heavy (non-hydrogen) atoms. The molecule has 0 unspecified atom stereocenters. The van der Waals surface area contributed by atoms with E-state index in [1.165, 1.54) is 0 Å². The van der Waals surface area contributed by atoms with Gasteiger partial charge in [-0.05, 0) is 50.6 Å². The highest BCUT2D eigenvalue weighted by molar-refractivity contribution is 6.08. The number of aryl methyl sites for hydroxylation is 1. The molecule has 172 valence electrons. The normalized spacial score (nSPS) is 10.6. The molecule has 7 heteroatoms. The lowest BCUT2D eigenvalue weighted by Gasteiger charge is -2.11. The molecule has 1 N–H and O–H groups in total. The van der Waals surface area contributed by atoms with Crippen molar-refractivity contribution in [3.63, 3.8) is 0 Å². The fraction of sp³-hybridized carbons (Fsp3) is 0.269. The van der Waals surface area contributed by atoms with E-state index in [-0.39, 0.29) is 23.9 Å². The number of hydrogen-bond donors (Lipinski definition) is 1. The second kappa shape index (κ2) is 11.2. The number of nitrogens with zero attached hydrogens (tertiary/aromatic N) is 1. The van der Waals surface area contributed by atoms with Crippen LogP contribution in [0.5, 0.6) is 0 Å². The number of carbonyl (C=O) groups is 3. The average molecular weight is 449 g/mol. The molecule has 7 nitrogen and oxygen atoms in total. The fourth-order valence-electron chi connectivity index (χ4n) is 3.64. The van der Waals surface area contributed by atoms with E-state index in [0.717, 1.165) is 24.4 Å². The van der Waals surface area contributed by atoms with E-state index in [2.05, 4.69) is 9.88 Å². The number of anilines is 1. The van der Waals surface area contributed by atoms with Gasteiger partial charge in [0.15, 0.2) is 6.61 Å². The number of aromatic nitrogens is 1. The van der Waals surface area contributed by atoms with Gasteiger partial charge in [-0.3, -0.25) is 9.59 Å². The van der Waals surface area contributed by atoms with Crippen LogP contribution in [0, 0.1) is 13.8 Å². The van der Waals surface area contributed by atoms with Gasteiger partial charge < -0.3 is 19.4 Å². The number of hydrogen-bond acceptors (Lipinski definition) is 5. The van der Waals surface area contributed by atoms with Crippen LogP contribution in [-0.2, 0) is 16.0 Å². The van der Waals surface area contributed by atoms with Crippen LogP contribution in [0.1, 0.15) is 48.9 Å². The number of esters is 1. The molecule has 3 aromatic rings. The number of rotatable bonds is 10. The number of methoxy groups -OCH3 is 1. The van der Waals surface area contributed by atoms with Crippen LogP contribution >= 0.6 is 0 Å². The first-order valence-corrected chi connectivity index (χ1v) is 10.7. The molecule has 0 radical (unpaired) electrons. The third-order valence-electron chi connectivity index (χ3n) is 5.37. The van der Waals surface area contributed by atoms with Crippen LogP contribution in [0.4, 0.5) is 5.69 Å². The smallest absolute Gasteiger partial charge is 0.340 e. The van der Waals surface area contributed by atoms with Crippen molar-refractivity contribution >= 4 is 23.3 Å². The molecule has 0 aliphatic rings. The van der Waals surface area contributed by atoms with Crippen LogP contribution in [0.2, 0.25) is 0 Å². The molecule has 0 saturated heterocycles. The molecular weight excluding hydrogens is 420 g/mol. The van der Waals surface area contributed by atoms with Crippen LogP contribution in [0.15, 0.2) is 60.7 Å². The molecule has 2 aromatic carbocycles. The monoisotopic (exact) mass is 448 g/mol. The molecule has 0 aliphatic heterocycles. The van der Waals surface area contributed by atoms with E-state index in [1.54, 1.807) is 55.6 Å². The van der Waals surface area contributed by atoms with E-state index in [4.69, 9.17) is 9.47 Å². The highest BCUT2D eigenvalue weighted by atomic mass is 16.5. The number of Topliss-reactive ketones (excluding diaryl/α,β-unsaturated/α-hetero) is 1. The Labute approximate surface area is 193 Å². The highest BCUT2D eigenvalue weighted by Gasteiger charge is 2.20. The third kappa shape index (κ3) is 5.96. The summed E-state index contributed by atoms with van der Waals surface area (Å²) in [5, 5.41) is 2.73. The van der Waals surface area contributed by atoms with Gasteiger partial charge in [-0.15, -0.1) is 0 Å². The minimum Gasteiger partial charge on any atom is -0.454 e. The molecule has 0 atom stereocenters. The predicted octanol–water partition coefficient (Wildman–Crippen LogP) is 4.43. The van der Waals surface area contributed by atoms with Gasteiger partial charge in [0, 0.05) is 42.8 Å². The average Bonchev–Trinajstić information content (AvgIpc) is 3.12. The fourth-order valence-corrected chi connectivity index (χ4v) is 3.64. The van der Waals surface area contributed by atoms with E-state index in [0.29, 0.717) is 23.4 Å². The summed E-state index contributed by atoms with van der Waals surface area (Å²) in [6.45, 7) is 4.81. The first-order chi connectivity index (χ1) is 15.9. The van der Waals surface area contributed by atoms with Crippen molar-refractivity contribution in [2.75, 3.05) is 25.6 Å². The van der Waals surface area contributed by atoms with Crippen molar-refractivity contribution in [2.24, 2.45) is 0 Å². The van der Waals surface area contributed by atoms with Gasteiger partial charge in [0.1, 0.15) is 0 Å². The Morgan fingerprint density at radius 1 is 0.939 bits per heavy atom. The highest BCUT2D eigenvalue weighted by Crippen LogP contribution is 2.19. The number of nitrogens with one attached hydrogen (secondary N) is 1. The van der Waals surface area contributed by atoms with Crippen LogP contribution in [-0.4, -0.2) is 42.6 Å². The summed E-state index contributed by atoms with van der Waals surface area (Å²) in [5.74, 6) is -1.30. The molecule has 1 aromatic heterocycles. The summed E-state index contributed by atoms with van der Waals surface area (Å²) >= 11 is 0. The summed E-state index contributed by atoms with van der Waals surface area (Å²) in [4.78, 5) is 37.9. The number of benzene rings is 2. The molecule has 0 aliphatic carbocycles. The van der Waals surface area contributed by atoms with Crippen molar-refractivity contribution < 1.29 is 23.9 Å². The van der Waals surface area contributed by atoms with Gasteiger partial charge in [0.05, 0.1) is 11.3 Å². The van der Waals surface area contributed by atoms with Gasteiger partial charge in [-0.1, -0.05) is 30.3 Å². The minimum absolute atomic E-state index is 0.180. The van der Waals surface area contributed by atoms with Crippen molar-refractivity contribution in [1.82, 2.24) is 4.57 Å². The lowest BCUT2D eigenvalue weighted by molar-refractivity contribution is 0.0475. The predicted molar refractivity (Wildman–Crippen MR) is 126 cm³/mol. The number of ether oxygens (including phenoxy) is 2. The Morgan fingerprint density at radius 3 is 2.36 bits per heavy atom. The third-order valence-corrected chi connectivity index (χ3v) is 5.37. The Morgan fingerprint density at radius 2 is 1.64 bits per heavy atom. The largest absolute Gasteiger partial charge is 0.454 e. The van der Waals surface area contributed by atoms with E-state index < -0.39 is 5.97 Å². The summed E-state index contributed by atoms with van der Waals surface area (Å²) in [6, 6.07) is 17.1. The lowest BCUT2D eigenvalue weighted by Crippen LogP contribution is -2.18. The molecule has 1 amide bonds. The van der Waals surface area contributed by atoms with Crippen LogP contribution < -0.4 is 5.32 Å². The first kappa shape index (κ1) is 23.9. The summed E-state index contributed by atoms with van der Waals surface area (Å²) in [5.41, 5.74) is 3.30. The van der Waals surface area contributed by atoms with Crippen molar-refractivity contribution in [3.05, 3.63) is 88.7 Å². The Balaban J connectivity index is 1.66. The maximum atomic E-state index is 12.8. The number of amides is 1. The van der Waals surface area contributed by atoms with E-state index in [1.807, 2.05) is 26.0 Å². The minimum atomic E-state index is -0.679. The second-order valence-corrected chi connectivity index (χ2v) is 7.65. The van der Waals surface area contributed by atoms with Gasteiger partial charge in [-0.25, -0.2) is 4.79 Å². The topological polar surface area (TPSA) is 86.6 Å². The molecule has 3 rings (SSSR count). The summed E-state index contributed by atoms with van der Waals surface area (Å²) in [6.07, 6.45) is 0.834. The van der Waals surface area contributed by atoms with Gasteiger partial charge >= 0.3 is 5.97 Å². The van der Waals surface area contributed by atoms with E-state index in [9.17, 15) is 14.4 Å². The Kier molecular flexibility index (Phi) is 8.16. The summed E-state index contributed by atoms with van der Waals surface area (Å²) in [7, 11) is 1.66. The number of ketones is 1. The van der Waals surface area contributed by atoms with Crippen molar-refractivity contribution in [3.8, 4) is 0 Å². The molecule has 0 spiro atoms. The molecular formula is C26H28N2O5. The van der Waals surface area contributed by atoms with Crippen molar-refractivity contribution in [1.29, 1.82) is 0 Å². The zero-order valence-electron chi connectivity index (χ0n) is 19.1. The number of para-hydroxylation sites is 1. The molecule has 1 heterocycles. The van der Waals surface area contributed by atoms with Gasteiger partial charge in [0.2, 0.25) is 5.78 Å². The van der Waals surface area contributed by atoms with Crippen LogP contribution in [0.25, 0.3) is 0 Å². The Hall–Kier alpha value is -3.71. The van der Waals surface area contributed by atoms with Gasteiger partial charge in [-0.2, -0.15) is 0 Å². The van der Waals surface area contributed by atoms with Crippen LogP contribution in [0.3, 0.4) is 0 Å². The lowest BCUT2D eigenvalue weighted by atomic mass is 10.1. The zero-order chi connectivity index (χ0) is 23.8. The van der Waals surface area contributed by atoms with Crippen molar-refractivity contribution in [2.45, 2.75) is 26.8 Å². The Bertz CT molecular complexity index is 1130. The standard InChI is InChI=1S/C26H28N2O5/c1-18-16-22(19(2)28(18)14-9-15-32-3)24(29)17-33-26(31)21-12-7-8-13-23(21)27-25(30)20-10-5-4-6-11-20/h4-8,10-13,16H,9,14-15,17H2,1-3H3,(H,27,30). The zero-order valence-corrected chi connectivity index (χ0v) is 19.1. The SMILES string of the molecule is COCCCn1c(C)cc(C(=O)COC(=O)c2ccccc2NC(=O)c2ccccc2)c1C. The van der Waals surface area contributed by atoms with E-state index >= 15 is 0 Å². The first-order valence-electron chi connectivity index (χ1n) is 10.7.